The van der Waals surface area contributed by atoms with Crippen molar-refractivity contribution in [3.8, 4) is 0 Å². The van der Waals surface area contributed by atoms with E-state index in [1.807, 2.05) is 11.3 Å². The van der Waals surface area contributed by atoms with Crippen molar-refractivity contribution in [3.63, 3.8) is 0 Å². The first kappa shape index (κ1) is 16.7. The maximum atomic E-state index is 5.43. The Morgan fingerprint density at radius 3 is 2.63 bits per heavy atom. The smallest absolute Gasteiger partial charge is 0.0466 e. The third-order valence-electron chi connectivity index (χ3n) is 3.24. The summed E-state index contributed by atoms with van der Waals surface area (Å²) in [7, 11) is 0. The highest BCUT2D eigenvalue weighted by Crippen LogP contribution is 2.19. The van der Waals surface area contributed by atoms with Crippen LogP contribution in [0, 0.1) is 0 Å². The van der Waals surface area contributed by atoms with Crippen molar-refractivity contribution in [3.05, 3.63) is 21.9 Å². The Hall–Kier alpha value is -0.380. The van der Waals surface area contributed by atoms with Crippen molar-refractivity contribution < 1.29 is 4.74 Å². The molecule has 1 unspecified atom stereocenters. The summed E-state index contributed by atoms with van der Waals surface area (Å²) in [6.07, 6.45) is 5.88. The monoisotopic (exact) mass is 283 g/mol. The van der Waals surface area contributed by atoms with Crippen LogP contribution in [0.4, 0.5) is 0 Å². The summed E-state index contributed by atoms with van der Waals surface area (Å²) in [5.41, 5.74) is 0. The molecule has 0 spiro atoms. The van der Waals surface area contributed by atoms with Gasteiger partial charge < -0.3 is 10.1 Å². The maximum absolute atomic E-state index is 5.43. The van der Waals surface area contributed by atoms with E-state index in [0.717, 1.165) is 39.0 Å². The third-order valence-corrected chi connectivity index (χ3v) is 4.49. The van der Waals surface area contributed by atoms with Gasteiger partial charge in [0.15, 0.2) is 0 Å². The molecule has 3 heteroatoms. The Morgan fingerprint density at radius 2 is 2.00 bits per heavy atom. The predicted octanol–water partition coefficient (Wildman–Crippen LogP) is 4.04. The third kappa shape index (κ3) is 7.09. The van der Waals surface area contributed by atoms with Crippen molar-refractivity contribution in [2.75, 3.05) is 19.8 Å². The zero-order chi connectivity index (χ0) is 13.9. The average Bonchev–Trinajstić information content (AvgIpc) is 2.88. The van der Waals surface area contributed by atoms with E-state index in [4.69, 9.17) is 4.74 Å². The van der Waals surface area contributed by atoms with Gasteiger partial charge in [0.2, 0.25) is 0 Å². The minimum Gasteiger partial charge on any atom is -0.382 e. The van der Waals surface area contributed by atoms with Gasteiger partial charge >= 0.3 is 0 Å². The lowest BCUT2D eigenvalue weighted by Gasteiger charge is -2.17. The van der Waals surface area contributed by atoms with Crippen LogP contribution in [0.2, 0.25) is 0 Å². The first-order chi connectivity index (χ1) is 9.30. The van der Waals surface area contributed by atoms with E-state index >= 15 is 0 Å². The van der Waals surface area contributed by atoms with Crippen molar-refractivity contribution >= 4 is 11.3 Å². The zero-order valence-electron chi connectivity index (χ0n) is 12.7. The molecule has 19 heavy (non-hydrogen) atoms. The molecular weight excluding hydrogens is 254 g/mol. The SMILES string of the molecule is CCCNC(CCCOCC)Cc1ccc(CC)s1. The summed E-state index contributed by atoms with van der Waals surface area (Å²) in [6.45, 7) is 9.36. The van der Waals surface area contributed by atoms with E-state index in [-0.39, 0.29) is 0 Å². The Kier molecular flexibility index (Phi) is 9.14. The summed E-state index contributed by atoms with van der Waals surface area (Å²) in [4.78, 5) is 3.01. The largest absolute Gasteiger partial charge is 0.382 e. The van der Waals surface area contributed by atoms with Crippen LogP contribution >= 0.6 is 11.3 Å². The molecule has 0 bridgehead atoms. The zero-order valence-corrected chi connectivity index (χ0v) is 13.5. The van der Waals surface area contributed by atoms with Crippen LogP contribution < -0.4 is 5.32 Å². The number of ether oxygens (including phenoxy) is 1. The van der Waals surface area contributed by atoms with E-state index in [2.05, 4.69) is 38.2 Å². The molecule has 0 saturated carbocycles. The molecule has 0 aliphatic carbocycles. The van der Waals surface area contributed by atoms with Crippen LogP contribution in [0.5, 0.6) is 0 Å². The van der Waals surface area contributed by atoms with Gasteiger partial charge in [-0.3, -0.25) is 0 Å². The van der Waals surface area contributed by atoms with E-state index in [0.29, 0.717) is 6.04 Å². The van der Waals surface area contributed by atoms with Crippen molar-refractivity contribution in [2.45, 2.75) is 58.9 Å². The number of hydrogen-bond donors (Lipinski definition) is 1. The molecule has 2 nitrogen and oxygen atoms in total. The molecule has 1 aromatic heterocycles. The maximum Gasteiger partial charge on any atom is 0.0466 e. The topological polar surface area (TPSA) is 21.3 Å². The fraction of sp³-hybridized carbons (Fsp3) is 0.750. The summed E-state index contributed by atoms with van der Waals surface area (Å²) in [5.74, 6) is 0. The van der Waals surface area contributed by atoms with Crippen molar-refractivity contribution in [1.82, 2.24) is 5.32 Å². The molecule has 1 aromatic rings. The number of aryl methyl sites for hydroxylation is 1. The fourth-order valence-electron chi connectivity index (χ4n) is 2.17. The van der Waals surface area contributed by atoms with Gasteiger partial charge in [-0.2, -0.15) is 0 Å². The Balaban J connectivity index is 2.38. The molecule has 0 radical (unpaired) electrons. The highest BCUT2D eigenvalue weighted by atomic mass is 32.1. The van der Waals surface area contributed by atoms with Crippen LogP contribution in [-0.4, -0.2) is 25.8 Å². The van der Waals surface area contributed by atoms with Gasteiger partial charge in [-0.05, 0) is 57.7 Å². The van der Waals surface area contributed by atoms with Gasteiger partial charge in [0.1, 0.15) is 0 Å². The first-order valence-electron chi connectivity index (χ1n) is 7.68. The highest BCUT2D eigenvalue weighted by Gasteiger charge is 2.10. The Labute approximate surface area is 122 Å². The van der Waals surface area contributed by atoms with Crippen LogP contribution in [0.3, 0.4) is 0 Å². The second-order valence-corrected chi connectivity index (χ2v) is 6.17. The first-order valence-corrected chi connectivity index (χ1v) is 8.50. The molecule has 1 atom stereocenters. The fourth-order valence-corrected chi connectivity index (χ4v) is 3.20. The lowest BCUT2D eigenvalue weighted by molar-refractivity contribution is 0.140. The van der Waals surface area contributed by atoms with Gasteiger partial charge in [-0.25, -0.2) is 0 Å². The molecule has 0 aromatic carbocycles. The number of hydrogen-bond acceptors (Lipinski definition) is 3. The molecule has 110 valence electrons. The molecule has 0 aliphatic rings. The molecule has 0 fully saturated rings. The van der Waals surface area contributed by atoms with Crippen LogP contribution in [0.15, 0.2) is 12.1 Å². The summed E-state index contributed by atoms with van der Waals surface area (Å²) < 4.78 is 5.43. The lowest BCUT2D eigenvalue weighted by Crippen LogP contribution is -2.31. The summed E-state index contributed by atoms with van der Waals surface area (Å²) >= 11 is 1.97. The van der Waals surface area contributed by atoms with Crippen LogP contribution in [0.1, 0.15) is 49.8 Å². The van der Waals surface area contributed by atoms with E-state index in [9.17, 15) is 0 Å². The Morgan fingerprint density at radius 1 is 1.21 bits per heavy atom. The number of nitrogens with one attached hydrogen (secondary N) is 1. The number of thiophene rings is 1. The highest BCUT2D eigenvalue weighted by molar-refractivity contribution is 7.11. The van der Waals surface area contributed by atoms with Crippen molar-refractivity contribution in [1.29, 1.82) is 0 Å². The normalized spacial score (nSPS) is 12.8. The van der Waals surface area contributed by atoms with E-state index in [1.54, 1.807) is 0 Å². The second kappa shape index (κ2) is 10.4. The van der Waals surface area contributed by atoms with E-state index in [1.165, 1.54) is 22.6 Å². The van der Waals surface area contributed by atoms with Gasteiger partial charge in [0, 0.05) is 29.0 Å². The molecule has 0 amide bonds. The minimum absolute atomic E-state index is 0.601. The Bertz CT molecular complexity index is 324. The molecule has 1 rings (SSSR count). The average molecular weight is 283 g/mol. The van der Waals surface area contributed by atoms with Gasteiger partial charge in [0.25, 0.3) is 0 Å². The summed E-state index contributed by atoms with van der Waals surface area (Å²) in [5, 5.41) is 3.67. The van der Waals surface area contributed by atoms with Gasteiger partial charge in [-0.1, -0.05) is 13.8 Å². The predicted molar refractivity (Wildman–Crippen MR) is 85.2 cm³/mol. The van der Waals surface area contributed by atoms with Crippen LogP contribution in [0.25, 0.3) is 0 Å². The molecule has 1 heterocycles. The second-order valence-electron chi connectivity index (χ2n) is 4.92. The summed E-state index contributed by atoms with van der Waals surface area (Å²) in [6, 6.07) is 5.17. The van der Waals surface area contributed by atoms with Crippen molar-refractivity contribution in [2.24, 2.45) is 0 Å². The standard InChI is InChI=1S/C16H29NOS/c1-4-11-17-14(8-7-12-18-6-3)13-16-10-9-15(5-2)19-16/h9-10,14,17H,4-8,11-13H2,1-3H3. The quantitative estimate of drug-likeness (QED) is 0.619. The molecular formula is C16H29NOS. The van der Waals surface area contributed by atoms with Gasteiger partial charge in [-0.15, -0.1) is 11.3 Å². The lowest BCUT2D eigenvalue weighted by atomic mass is 10.1. The minimum atomic E-state index is 0.601. The van der Waals surface area contributed by atoms with E-state index < -0.39 is 0 Å². The molecule has 1 N–H and O–H groups in total. The molecule has 0 aliphatic heterocycles. The van der Waals surface area contributed by atoms with Gasteiger partial charge in [0.05, 0.1) is 0 Å². The van der Waals surface area contributed by atoms with Crippen LogP contribution in [-0.2, 0) is 17.6 Å². The molecule has 0 saturated heterocycles. The number of rotatable bonds is 11.